The van der Waals surface area contributed by atoms with Crippen LogP contribution in [0.4, 0.5) is 5.69 Å². The van der Waals surface area contributed by atoms with E-state index in [9.17, 15) is 4.79 Å². The smallest absolute Gasteiger partial charge is 0.337 e. The Kier molecular flexibility index (Phi) is 3.88. The number of hydrogen-bond donors (Lipinski definition) is 0. The van der Waals surface area contributed by atoms with E-state index in [0.717, 1.165) is 17.8 Å². The van der Waals surface area contributed by atoms with Crippen molar-refractivity contribution in [2.24, 2.45) is 0 Å². The lowest BCUT2D eigenvalue weighted by atomic mass is 9.86. The molecule has 0 aliphatic carbocycles. The molecule has 0 saturated carbocycles. The Hall–Kier alpha value is -2.29. The van der Waals surface area contributed by atoms with Gasteiger partial charge in [0.05, 0.1) is 6.61 Å². The number of benzene rings is 2. The average molecular weight is 295 g/mol. The van der Waals surface area contributed by atoms with Crippen molar-refractivity contribution in [2.75, 3.05) is 18.1 Å². The molecule has 0 radical (unpaired) electrons. The topological polar surface area (TPSA) is 29.5 Å². The van der Waals surface area contributed by atoms with Gasteiger partial charge in [-0.05, 0) is 31.0 Å². The lowest BCUT2D eigenvalue weighted by Gasteiger charge is -2.38. The van der Waals surface area contributed by atoms with Crippen molar-refractivity contribution in [1.82, 2.24) is 0 Å². The quantitative estimate of drug-likeness (QED) is 0.808. The molecule has 0 aromatic heterocycles. The largest absolute Gasteiger partial charge is 0.464 e. The van der Waals surface area contributed by atoms with E-state index in [4.69, 9.17) is 4.74 Å². The van der Waals surface area contributed by atoms with Gasteiger partial charge in [-0.3, -0.25) is 0 Å². The standard InChI is InChI=1S/C19H21NO2/c1-3-20-17-13-9-8-10-15(17)14-19(20,18(21)22-4-2)16-11-6-5-7-12-16/h5-13H,3-4,14H2,1-2H3. The van der Waals surface area contributed by atoms with Gasteiger partial charge in [0.1, 0.15) is 0 Å². The van der Waals surface area contributed by atoms with Crippen molar-refractivity contribution in [3.63, 3.8) is 0 Å². The van der Waals surface area contributed by atoms with Gasteiger partial charge in [-0.15, -0.1) is 0 Å². The number of carbonyl (C=O) groups excluding carboxylic acids is 1. The predicted octanol–water partition coefficient (Wildman–Crippen LogP) is 3.53. The van der Waals surface area contributed by atoms with E-state index in [-0.39, 0.29) is 5.97 Å². The maximum absolute atomic E-state index is 12.9. The second-order valence-corrected chi connectivity index (χ2v) is 5.50. The van der Waals surface area contributed by atoms with Crippen molar-refractivity contribution >= 4 is 11.7 Å². The summed E-state index contributed by atoms with van der Waals surface area (Å²) in [6, 6.07) is 18.2. The summed E-state index contributed by atoms with van der Waals surface area (Å²) < 4.78 is 5.47. The average Bonchev–Trinajstić information content (AvgIpc) is 2.91. The summed E-state index contributed by atoms with van der Waals surface area (Å²) in [6.07, 6.45) is 0.653. The summed E-state index contributed by atoms with van der Waals surface area (Å²) >= 11 is 0. The monoisotopic (exact) mass is 295 g/mol. The van der Waals surface area contributed by atoms with Crippen LogP contribution in [-0.2, 0) is 21.5 Å². The fourth-order valence-corrected chi connectivity index (χ4v) is 3.46. The maximum Gasteiger partial charge on any atom is 0.337 e. The van der Waals surface area contributed by atoms with Crippen LogP contribution in [0.3, 0.4) is 0 Å². The first kappa shape index (κ1) is 14.6. The Labute approximate surface area is 131 Å². The van der Waals surface area contributed by atoms with Crippen LogP contribution in [-0.4, -0.2) is 19.1 Å². The van der Waals surface area contributed by atoms with E-state index in [1.54, 1.807) is 0 Å². The Morgan fingerprint density at radius 2 is 1.77 bits per heavy atom. The van der Waals surface area contributed by atoms with E-state index in [2.05, 4.69) is 24.0 Å². The first-order valence-corrected chi connectivity index (χ1v) is 7.82. The minimum Gasteiger partial charge on any atom is -0.464 e. The Bertz CT molecular complexity index is 668. The zero-order chi connectivity index (χ0) is 15.6. The molecule has 2 aromatic carbocycles. The molecule has 1 heterocycles. The molecule has 0 N–H and O–H groups in total. The van der Waals surface area contributed by atoms with E-state index < -0.39 is 5.54 Å². The molecule has 0 amide bonds. The Morgan fingerprint density at radius 1 is 1.09 bits per heavy atom. The van der Waals surface area contributed by atoms with Crippen LogP contribution in [0.15, 0.2) is 54.6 Å². The molecule has 3 rings (SSSR count). The second-order valence-electron chi connectivity index (χ2n) is 5.50. The number of fused-ring (bicyclic) bond motifs is 1. The number of para-hydroxylation sites is 1. The zero-order valence-electron chi connectivity index (χ0n) is 13.1. The van der Waals surface area contributed by atoms with Crippen LogP contribution >= 0.6 is 0 Å². The predicted molar refractivity (Wildman–Crippen MR) is 87.9 cm³/mol. The molecule has 1 aliphatic rings. The summed E-state index contributed by atoms with van der Waals surface area (Å²) in [5.41, 5.74) is 2.56. The summed E-state index contributed by atoms with van der Waals surface area (Å²) in [7, 11) is 0. The number of ether oxygens (including phenoxy) is 1. The van der Waals surface area contributed by atoms with Crippen molar-refractivity contribution < 1.29 is 9.53 Å². The number of carbonyl (C=O) groups is 1. The fourth-order valence-electron chi connectivity index (χ4n) is 3.46. The molecular formula is C19H21NO2. The van der Waals surface area contributed by atoms with E-state index in [1.807, 2.05) is 49.4 Å². The van der Waals surface area contributed by atoms with Gasteiger partial charge in [0.2, 0.25) is 0 Å². The minimum absolute atomic E-state index is 0.167. The third-order valence-corrected chi connectivity index (χ3v) is 4.37. The van der Waals surface area contributed by atoms with Gasteiger partial charge >= 0.3 is 5.97 Å². The maximum atomic E-state index is 12.9. The third kappa shape index (κ3) is 2.08. The third-order valence-electron chi connectivity index (χ3n) is 4.37. The second kappa shape index (κ2) is 5.84. The molecule has 3 heteroatoms. The zero-order valence-corrected chi connectivity index (χ0v) is 13.1. The van der Waals surface area contributed by atoms with E-state index >= 15 is 0 Å². The molecular weight excluding hydrogens is 274 g/mol. The SMILES string of the molecule is CCOC(=O)C1(c2ccccc2)Cc2ccccc2N1CC. The molecule has 1 atom stereocenters. The van der Waals surface area contributed by atoms with Crippen molar-refractivity contribution in [2.45, 2.75) is 25.8 Å². The van der Waals surface area contributed by atoms with Crippen LogP contribution in [0.5, 0.6) is 0 Å². The Morgan fingerprint density at radius 3 is 2.45 bits per heavy atom. The number of likely N-dealkylation sites (N-methyl/N-ethyl adjacent to an activating group) is 1. The highest BCUT2D eigenvalue weighted by atomic mass is 16.5. The minimum atomic E-state index is -0.754. The summed E-state index contributed by atoms with van der Waals surface area (Å²) in [6.45, 7) is 5.08. The van der Waals surface area contributed by atoms with Crippen LogP contribution < -0.4 is 4.90 Å². The molecule has 0 spiro atoms. The lowest BCUT2D eigenvalue weighted by molar-refractivity contribution is -0.150. The molecule has 0 fully saturated rings. The number of anilines is 1. The van der Waals surface area contributed by atoms with Crippen LogP contribution in [0.25, 0.3) is 0 Å². The van der Waals surface area contributed by atoms with Crippen molar-refractivity contribution in [1.29, 1.82) is 0 Å². The normalized spacial score (nSPS) is 19.8. The first-order valence-electron chi connectivity index (χ1n) is 7.82. The number of esters is 1. The number of hydrogen-bond acceptors (Lipinski definition) is 3. The van der Waals surface area contributed by atoms with Gasteiger partial charge < -0.3 is 9.64 Å². The van der Waals surface area contributed by atoms with Gasteiger partial charge in [0.15, 0.2) is 5.54 Å². The first-order chi connectivity index (χ1) is 10.7. The molecule has 1 unspecified atom stereocenters. The summed E-state index contributed by atoms with van der Waals surface area (Å²) in [5.74, 6) is -0.167. The van der Waals surface area contributed by atoms with E-state index in [1.165, 1.54) is 5.56 Å². The van der Waals surface area contributed by atoms with Crippen molar-refractivity contribution in [3.05, 3.63) is 65.7 Å². The van der Waals surface area contributed by atoms with Crippen LogP contribution in [0, 0.1) is 0 Å². The number of rotatable bonds is 4. The van der Waals surface area contributed by atoms with E-state index in [0.29, 0.717) is 13.0 Å². The fraction of sp³-hybridized carbons (Fsp3) is 0.316. The highest BCUT2D eigenvalue weighted by molar-refractivity contribution is 5.90. The van der Waals surface area contributed by atoms with Gasteiger partial charge in [-0.1, -0.05) is 48.5 Å². The van der Waals surface area contributed by atoms with Gasteiger partial charge in [0.25, 0.3) is 0 Å². The number of nitrogens with zero attached hydrogens (tertiary/aromatic N) is 1. The highest BCUT2D eigenvalue weighted by Gasteiger charge is 2.51. The molecule has 1 aliphatic heterocycles. The van der Waals surface area contributed by atoms with Crippen LogP contribution in [0.2, 0.25) is 0 Å². The molecule has 2 aromatic rings. The van der Waals surface area contributed by atoms with Crippen LogP contribution in [0.1, 0.15) is 25.0 Å². The molecule has 0 saturated heterocycles. The molecule has 22 heavy (non-hydrogen) atoms. The molecule has 114 valence electrons. The molecule has 3 nitrogen and oxygen atoms in total. The summed E-state index contributed by atoms with van der Waals surface area (Å²) in [4.78, 5) is 15.1. The molecule has 0 bridgehead atoms. The lowest BCUT2D eigenvalue weighted by Crippen LogP contribution is -2.51. The van der Waals surface area contributed by atoms with Gasteiger partial charge in [-0.25, -0.2) is 4.79 Å². The van der Waals surface area contributed by atoms with Crippen molar-refractivity contribution in [3.8, 4) is 0 Å². The van der Waals surface area contributed by atoms with Gasteiger partial charge in [-0.2, -0.15) is 0 Å². The highest BCUT2D eigenvalue weighted by Crippen LogP contribution is 2.45. The Balaban J connectivity index is 2.18. The van der Waals surface area contributed by atoms with Gasteiger partial charge in [0, 0.05) is 18.7 Å². The summed E-state index contributed by atoms with van der Waals surface area (Å²) in [5, 5.41) is 0.